The first-order valence-electron chi connectivity index (χ1n) is 4.59. The summed E-state index contributed by atoms with van der Waals surface area (Å²) in [6.07, 6.45) is 2.50. The fourth-order valence-electron chi connectivity index (χ4n) is 1.03. The fourth-order valence-corrected chi connectivity index (χ4v) is 1.03. The van der Waals surface area contributed by atoms with E-state index < -0.39 is 17.0 Å². The molecule has 7 heteroatoms. The molecule has 0 spiro atoms. The molecule has 0 bridgehead atoms. The van der Waals surface area contributed by atoms with Crippen LogP contribution in [-0.4, -0.2) is 22.1 Å². The highest BCUT2D eigenvalue weighted by molar-refractivity contribution is 5.68. The summed E-state index contributed by atoms with van der Waals surface area (Å²) in [5.41, 5.74) is 0. The average molecular weight is 219 g/mol. The number of carbonyl (C=O) groups excluding carboxylic acids is 1. The summed E-state index contributed by atoms with van der Waals surface area (Å²) >= 11 is 0. The summed E-state index contributed by atoms with van der Waals surface area (Å²) in [7, 11) is 0. The molecule has 0 atom stereocenters. The highest BCUT2D eigenvalue weighted by atomic mass is 17.0. The van der Waals surface area contributed by atoms with Crippen molar-refractivity contribution in [1.29, 1.82) is 0 Å². The monoisotopic (exact) mass is 219 g/mol. The summed E-state index contributed by atoms with van der Waals surface area (Å²) in [5, 5.41) is 16.9. The van der Waals surface area contributed by atoms with Crippen LogP contribution in [0.3, 0.4) is 0 Å². The summed E-state index contributed by atoms with van der Waals surface area (Å²) < 4.78 is 0. The molecule has 0 rings (SSSR count). The zero-order valence-electron chi connectivity index (χ0n) is 8.18. The molecule has 0 aliphatic heterocycles. The van der Waals surface area contributed by atoms with Crippen molar-refractivity contribution in [3.05, 3.63) is 10.1 Å². The zero-order valence-corrected chi connectivity index (χ0v) is 8.18. The van der Waals surface area contributed by atoms with Gasteiger partial charge in [0.15, 0.2) is 0 Å². The SMILES string of the molecule is O=C(O)CCCCCCC(=O)O[N+](=O)[O-]. The number of carbonyl (C=O) groups is 2. The molecular formula is C8H13NO6. The van der Waals surface area contributed by atoms with Crippen molar-refractivity contribution in [1.82, 2.24) is 0 Å². The molecule has 0 fully saturated rings. The van der Waals surface area contributed by atoms with Gasteiger partial charge in [-0.3, -0.25) is 9.59 Å². The standard InChI is InChI=1S/C8H13NO6/c10-7(11)5-3-1-2-4-6-8(12)15-9(13)14/h1-6H2,(H,10,11). The van der Waals surface area contributed by atoms with Crippen molar-refractivity contribution >= 4 is 11.9 Å². The van der Waals surface area contributed by atoms with Gasteiger partial charge in [-0.15, -0.1) is 10.1 Å². The third-order valence-electron chi connectivity index (χ3n) is 1.70. The maximum absolute atomic E-state index is 10.6. The van der Waals surface area contributed by atoms with E-state index in [1.54, 1.807) is 0 Å². The Morgan fingerprint density at radius 3 is 2.13 bits per heavy atom. The second-order valence-corrected chi connectivity index (χ2v) is 2.99. The summed E-state index contributed by atoms with van der Waals surface area (Å²) in [6, 6.07) is 0. The lowest BCUT2D eigenvalue weighted by molar-refractivity contribution is -0.729. The van der Waals surface area contributed by atoms with Gasteiger partial charge in [-0.2, -0.15) is 0 Å². The second-order valence-electron chi connectivity index (χ2n) is 2.99. The van der Waals surface area contributed by atoms with E-state index in [-0.39, 0.29) is 12.8 Å². The van der Waals surface area contributed by atoms with Crippen LogP contribution in [0.5, 0.6) is 0 Å². The molecule has 0 aliphatic carbocycles. The molecule has 0 aliphatic rings. The number of rotatable bonds is 8. The zero-order chi connectivity index (χ0) is 11.7. The van der Waals surface area contributed by atoms with Crippen LogP contribution in [0.1, 0.15) is 38.5 Å². The van der Waals surface area contributed by atoms with Crippen LogP contribution in [0.4, 0.5) is 0 Å². The maximum atomic E-state index is 10.6. The van der Waals surface area contributed by atoms with Gasteiger partial charge in [0.2, 0.25) is 0 Å². The summed E-state index contributed by atoms with van der Waals surface area (Å²) in [5.74, 6) is -1.71. The van der Waals surface area contributed by atoms with Gasteiger partial charge in [0.1, 0.15) is 0 Å². The molecule has 1 N–H and O–H groups in total. The van der Waals surface area contributed by atoms with Crippen LogP contribution in [-0.2, 0) is 14.4 Å². The minimum absolute atomic E-state index is 0.00590. The first kappa shape index (κ1) is 13.3. The smallest absolute Gasteiger partial charge is 0.303 e. The molecule has 15 heavy (non-hydrogen) atoms. The number of hydrogen-bond donors (Lipinski definition) is 1. The molecule has 0 amide bonds. The quantitative estimate of drug-likeness (QED) is 0.372. The minimum Gasteiger partial charge on any atom is -0.481 e. The lowest BCUT2D eigenvalue weighted by Crippen LogP contribution is -2.09. The fraction of sp³-hybridized carbons (Fsp3) is 0.750. The Morgan fingerprint density at radius 1 is 1.13 bits per heavy atom. The van der Waals surface area contributed by atoms with Crippen LogP contribution in [0.15, 0.2) is 0 Å². The van der Waals surface area contributed by atoms with E-state index in [9.17, 15) is 19.7 Å². The Morgan fingerprint density at radius 2 is 1.67 bits per heavy atom. The Hall–Kier alpha value is -1.66. The van der Waals surface area contributed by atoms with Gasteiger partial charge in [-0.25, -0.2) is 4.84 Å². The molecule has 0 radical (unpaired) electrons. The van der Waals surface area contributed by atoms with Crippen molar-refractivity contribution in [2.75, 3.05) is 0 Å². The predicted octanol–water partition coefficient (Wildman–Crippen LogP) is 1.15. The Bertz CT molecular complexity index is 239. The first-order chi connectivity index (χ1) is 7.02. The van der Waals surface area contributed by atoms with Gasteiger partial charge in [0, 0.05) is 12.8 Å². The third kappa shape index (κ3) is 10.3. The van der Waals surface area contributed by atoms with Crippen LogP contribution in [0.2, 0.25) is 0 Å². The molecule has 86 valence electrons. The number of aliphatic carboxylic acids is 1. The number of nitrogens with zero attached hydrogens (tertiary/aromatic N) is 1. The third-order valence-corrected chi connectivity index (χ3v) is 1.70. The van der Waals surface area contributed by atoms with Crippen LogP contribution >= 0.6 is 0 Å². The van der Waals surface area contributed by atoms with Gasteiger partial charge in [0.05, 0.1) is 0 Å². The van der Waals surface area contributed by atoms with Crippen molar-refractivity contribution in [2.45, 2.75) is 38.5 Å². The Labute approximate surface area is 86.1 Å². The molecule has 0 saturated heterocycles. The first-order valence-corrected chi connectivity index (χ1v) is 4.59. The molecule has 0 aromatic carbocycles. The molecule has 0 heterocycles. The number of carboxylic acids is 1. The maximum Gasteiger partial charge on any atom is 0.303 e. The topological polar surface area (TPSA) is 107 Å². The molecular weight excluding hydrogens is 206 g/mol. The van der Waals surface area contributed by atoms with E-state index in [0.717, 1.165) is 0 Å². The summed E-state index contributed by atoms with van der Waals surface area (Å²) in [6.45, 7) is 0. The lowest BCUT2D eigenvalue weighted by atomic mass is 10.1. The average Bonchev–Trinajstić information content (AvgIpc) is 2.09. The van der Waals surface area contributed by atoms with E-state index in [4.69, 9.17) is 5.11 Å². The van der Waals surface area contributed by atoms with Crippen molar-refractivity contribution in [2.24, 2.45) is 0 Å². The van der Waals surface area contributed by atoms with Gasteiger partial charge < -0.3 is 5.11 Å². The molecule has 0 aromatic rings. The lowest BCUT2D eigenvalue weighted by Gasteiger charge is -1.98. The molecule has 0 aromatic heterocycles. The number of hydrogen-bond acceptors (Lipinski definition) is 5. The minimum atomic E-state index is -1.13. The van der Waals surface area contributed by atoms with Crippen molar-refractivity contribution in [3.8, 4) is 0 Å². The predicted molar refractivity (Wildman–Crippen MR) is 48.4 cm³/mol. The number of unbranched alkanes of at least 4 members (excludes halogenated alkanes) is 3. The molecule has 0 unspecified atom stereocenters. The van der Waals surface area contributed by atoms with E-state index in [1.807, 2.05) is 0 Å². The number of carboxylic acid groups (broad SMARTS) is 1. The van der Waals surface area contributed by atoms with Gasteiger partial charge in [-0.05, 0) is 12.8 Å². The molecule has 7 nitrogen and oxygen atoms in total. The largest absolute Gasteiger partial charge is 0.481 e. The van der Waals surface area contributed by atoms with E-state index in [1.165, 1.54) is 0 Å². The van der Waals surface area contributed by atoms with E-state index in [2.05, 4.69) is 4.84 Å². The van der Waals surface area contributed by atoms with E-state index >= 15 is 0 Å². The van der Waals surface area contributed by atoms with Crippen molar-refractivity contribution < 1.29 is 24.6 Å². The second kappa shape index (κ2) is 7.72. The van der Waals surface area contributed by atoms with Crippen LogP contribution < -0.4 is 0 Å². The van der Waals surface area contributed by atoms with Crippen LogP contribution in [0.25, 0.3) is 0 Å². The van der Waals surface area contributed by atoms with Gasteiger partial charge in [-0.1, -0.05) is 12.8 Å². The van der Waals surface area contributed by atoms with Gasteiger partial charge in [0.25, 0.3) is 0 Å². The van der Waals surface area contributed by atoms with Gasteiger partial charge >= 0.3 is 17.0 Å². The Kier molecular flexibility index (Phi) is 6.86. The van der Waals surface area contributed by atoms with Crippen LogP contribution in [0, 0.1) is 10.1 Å². The normalized spacial score (nSPS) is 9.60. The highest BCUT2D eigenvalue weighted by Crippen LogP contribution is 2.06. The van der Waals surface area contributed by atoms with Crippen molar-refractivity contribution in [3.63, 3.8) is 0 Å². The van der Waals surface area contributed by atoms with E-state index in [0.29, 0.717) is 25.7 Å². The Balaban J connectivity index is 3.27. The molecule has 0 saturated carbocycles. The summed E-state index contributed by atoms with van der Waals surface area (Å²) in [4.78, 5) is 34.2. The highest BCUT2D eigenvalue weighted by Gasteiger charge is 2.06.